The Balaban J connectivity index is 1.70. The zero-order valence-corrected chi connectivity index (χ0v) is 17.4. The van der Waals surface area contributed by atoms with Gasteiger partial charge in [0.25, 0.3) is 5.56 Å². The summed E-state index contributed by atoms with van der Waals surface area (Å²) in [5, 5.41) is 4.05. The van der Waals surface area contributed by atoms with Crippen molar-refractivity contribution in [3.8, 4) is 0 Å². The highest BCUT2D eigenvalue weighted by molar-refractivity contribution is 6.30. The van der Waals surface area contributed by atoms with Crippen LogP contribution in [0.1, 0.15) is 37.7 Å². The molecule has 0 unspecified atom stereocenters. The lowest BCUT2D eigenvalue weighted by Crippen LogP contribution is -2.44. The highest BCUT2D eigenvalue weighted by atomic mass is 35.5. The van der Waals surface area contributed by atoms with Gasteiger partial charge in [0, 0.05) is 11.1 Å². The van der Waals surface area contributed by atoms with Gasteiger partial charge in [0.05, 0.1) is 17.4 Å². The topological polar surface area (TPSA) is 73.1 Å². The molecule has 1 aromatic heterocycles. The summed E-state index contributed by atoms with van der Waals surface area (Å²) >= 11 is 5.94. The van der Waals surface area contributed by atoms with Crippen molar-refractivity contribution in [3.63, 3.8) is 0 Å². The second-order valence-corrected chi connectivity index (χ2v) is 8.24. The number of hydrogen-bond acceptors (Lipinski definition) is 3. The zero-order valence-electron chi connectivity index (χ0n) is 16.6. The number of fused-ring (bicyclic) bond motifs is 1. The molecule has 1 aliphatic rings. The average Bonchev–Trinajstić information content (AvgIpc) is 2.76. The number of nitrogens with one attached hydrogen (secondary N) is 1. The van der Waals surface area contributed by atoms with Crippen molar-refractivity contribution in [3.05, 3.63) is 80.0 Å². The summed E-state index contributed by atoms with van der Waals surface area (Å²) < 4.78 is 2.57. The summed E-state index contributed by atoms with van der Waals surface area (Å²) in [4.78, 5) is 38.9. The van der Waals surface area contributed by atoms with Crippen molar-refractivity contribution in [1.29, 1.82) is 0 Å². The molecule has 6 nitrogen and oxygen atoms in total. The van der Waals surface area contributed by atoms with Crippen LogP contribution in [0.25, 0.3) is 10.9 Å². The van der Waals surface area contributed by atoms with Gasteiger partial charge in [0.1, 0.15) is 6.54 Å². The lowest BCUT2D eigenvalue weighted by atomic mass is 9.95. The Morgan fingerprint density at radius 1 is 0.967 bits per heavy atom. The number of para-hydroxylation sites is 1. The molecule has 1 amide bonds. The van der Waals surface area contributed by atoms with Crippen LogP contribution in [0.4, 0.5) is 0 Å². The van der Waals surface area contributed by atoms with Crippen LogP contribution in [-0.2, 0) is 17.9 Å². The number of rotatable bonds is 5. The van der Waals surface area contributed by atoms with Gasteiger partial charge < -0.3 is 5.32 Å². The number of nitrogens with zero attached hydrogens (tertiary/aromatic N) is 2. The Bertz CT molecular complexity index is 1180. The number of hydrogen-bond donors (Lipinski definition) is 1. The van der Waals surface area contributed by atoms with Crippen LogP contribution in [-0.4, -0.2) is 21.1 Å². The molecule has 3 aromatic rings. The third kappa shape index (κ3) is 4.33. The number of amides is 1. The molecule has 0 saturated heterocycles. The second kappa shape index (κ2) is 8.88. The fraction of sp³-hybridized carbons (Fsp3) is 0.348. The molecule has 1 N–H and O–H groups in total. The first-order valence-corrected chi connectivity index (χ1v) is 10.7. The molecule has 1 heterocycles. The Labute approximate surface area is 179 Å². The van der Waals surface area contributed by atoms with Crippen LogP contribution >= 0.6 is 11.6 Å². The van der Waals surface area contributed by atoms with Crippen molar-refractivity contribution in [2.75, 3.05) is 0 Å². The van der Waals surface area contributed by atoms with Gasteiger partial charge >= 0.3 is 5.69 Å². The Kier molecular flexibility index (Phi) is 6.04. The number of benzene rings is 2. The number of carbonyl (C=O) groups excluding carboxylic acids is 1. The quantitative estimate of drug-likeness (QED) is 0.681. The third-order valence-electron chi connectivity index (χ3n) is 5.66. The number of aromatic nitrogens is 2. The lowest BCUT2D eigenvalue weighted by molar-refractivity contribution is -0.122. The van der Waals surface area contributed by atoms with E-state index in [-0.39, 0.29) is 30.6 Å². The molecule has 0 aliphatic heterocycles. The van der Waals surface area contributed by atoms with Gasteiger partial charge in [-0.25, -0.2) is 4.79 Å². The van der Waals surface area contributed by atoms with E-state index in [1.165, 1.54) is 15.6 Å². The fourth-order valence-electron chi connectivity index (χ4n) is 4.10. The molecule has 156 valence electrons. The van der Waals surface area contributed by atoms with Crippen LogP contribution < -0.4 is 16.6 Å². The van der Waals surface area contributed by atoms with E-state index >= 15 is 0 Å². The normalized spacial score (nSPS) is 14.7. The first-order chi connectivity index (χ1) is 14.5. The van der Waals surface area contributed by atoms with E-state index in [1.807, 2.05) is 0 Å². The monoisotopic (exact) mass is 425 g/mol. The molecule has 0 bridgehead atoms. The molecule has 1 aliphatic carbocycles. The highest BCUT2D eigenvalue weighted by Crippen LogP contribution is 2.17. The number of halogens is 1. The van der Waals surface area contributed by atoms with Crippen LogP contribution in [0, 0.1) is 0 Å². The molecular weight excluding hydrogens is 402 g/mol. The van der Waals surface area contributed by atoms with Crippen molar-refractivity contribution in [2.24, 2.45) is 0 Å². The van der Waals surface area contributed by atoms with E-state index in [2.05, 4.69) is 5.32 Å². The SMILES string of the molecule is O=C(Cn1c(=O)n(Cc2ccc(Cl)cc2)c(=O)c2ccccc21)NC1CCCCC1. The minimum atomic E-state index is -0.493. The van der Waals surface area contributed by atoms with Gasteiger partial charge in [0.2, 0.25) is 5.91 Å². The lowest BCUT2D eigenvalue weighted by Gasteiger charge is -2.23. The predicted octanol–water partition coefficient (Wildman–Crippen LogP) is 3.31. The van der Waals surface area contributed by atoms with Gasteiger partial charge in [0.15, 0.2) is 0 Å². The maximum atomic E-state index is 13.2. The van der Waals surface area contributed by atoms with Gasteiger partial charge in [-0.15, -0.1) is 0 Å². The Morgan fingerprint density at radius 3 is 2.40 bits per heavy atom. The van der Waals surface area contributed by atoms with E-state index in [0.29, 0.717) is 15.9 Å². The molecule has 0 radical (unpaired) electrons. The van der Waals surface area contributed by atoms with Crippen LogP contribution in [0.2, 0.25) is 5.02 Å². The van der Waals surface area contributed by atoms with Crippen LogP contribution in [0.5, 0.6) is 0 Å². The standard InChI is InChI=1S/C23H24ClN3O3/c24-17-12-10-16(11-13-17)14-27-22(29)19-8-4-5-9-20(19)26(23(27)30)15-21(28)25-18-6-2-1-3-7-18/h4-5,8-13,18H,1-3,6-7,14-15H2,(H,25,28). The number of carbonyl (C=O) groups is 1. The predicted molar refractivity (Wildman–Crippen MR) is 118 cm³/mol. The molecule has 1 fully saturated rings. The Hall–Kier alpha value is -2.86. The van der Waals surface area contributed by atoms with Crippen LogP contribution in [0.15, 0.2) is 58.1 Å². The highest BCUT2D eigenvalue weighted by Gasteiger charge is 2.19. The summed E-state index contributed by atoms with van der Waals surface area (Å²) in [6, 6.07) is 14.1. The molecule has 0 atom stereocenters. The van der Waals surface area contributed by atoms with E-state index in [0.717, 1.165) is 31.2 Å². The molecule has 1 saturated carbocycles. The summed E-state index contributed by atoms with van der Waals surface area (Å²) in [6.45, 7) is 0.000653. The minimum absolute atomic E-state index is 0.114. The van der Waals surface area contributed by atoms with Crippen molar-refractivity contribution < 1.29 is 4.79 Å². The summed E-state index contributed by atoms with van der Waals surface area (Å²) in [7, 11) is 0. The van der Waals surface area contributed by atoms with Crippen molar-refractivity contribution >= 4 is 28.4 Å². The average molecular weight is 426 g/mol. The molecule has 2 aromatic carbocycles. The summed E-state index contributed by atoms with van der Waals surface area (Å²) in [5.41, 5.74) is 0.396. The van der Waals surface area contributed by atoms with Gasteiger partial charge in [-0.3, -0.25) is 18.7 Å². The first-order valence-electron chi connectivity index (χ1n) is 10.3. The molecule has 30 heavy (non-hydrogen) atoms. The largest absolute Gasteiger partial charge is 0.352 e. The maximum absolute atomic E-state index is 13.2. The summed E-state index contributed by atoms with van der Waals surface area (Å²) in [6.07, 6.45) is 5.36. The molecular formula is C23H24ClN3O3. The first kappa shape index (κ1) is 20.4. The van der Waals surface area contributed by atoms with E-state index < -0.39 is 5.69 Å². The summed E-state index contributed by atoms with van der Waals surface area (Å²) in [5.74, 6) is -0.203. The van der Waals surface area contributed by atoms with Gasteiger partial charge in [-0.1, -0.05) is 55.1 Å². The van der Waals surface area contributed by atoms with E-state index in [9.17, 15) is 14.4 Å². The van der Waals surface area contributed by atoms with E-state index in [4.69, 9.17) is 11.6 Å². The smallest absolute Gasteiger partial charge is 0.332 e. The van der Waals surface area contributed by atoms with Gasteiger partial charge in [-0.05, 0) is 42.7 Å². The fourth-order valence-corrected chi connectivity index (χ4v) is 4.23. The van der Waals surface area contributed by atoms with Crippen LogP contribution in [0.3, 0.4) is 0 Å². The molecule has 0 spiro atoms. The van der Waals surface area contributed by atoms with Crippen molar-refractivity contribution in [2.45, 2.75) is 51.2 Å². The third-order valence-corrected chi connectivity index (χ3v) is 5.91. The maximum Gasteiger partial charge on any atom is 0.332 e. The zero-order chi connectivity index (χ0) is 21.1. The molecule has 4 rings (SSSR count). The minimum Gasteiger partial charge on any atom is -0.352 e. The molecule has 7 heteroatoms. The van der Waals surface area contributed by atoms with E-state index in [1.54, 1.807) is 48.5 Å². The Morgan fingerprint density at radius 2 is 1.67 bits per heavy atom. The van der Waals surface area contributed by atoms with Gasteiger partial charge in [-0.2, -0.15) is 0 Å². The second-order valence-electron chi connectivity index (χ2n) is 7.81. The van der Waals surface area contributed by atoms with Crippen molar-refractivity contribution in [1.82, 2.24) is 14.5 Å².